The van der Waals surface area contributed by atoms with Gasteiger partial charge >= 0.3 is 6.18 Å². The number of alkyl halides is 3. The summed E-state index contributed by atoms with van der Waals surface area (Å²) in [5.41, 5.74) is -0.996. The Bertz CT molecular complexity index is 618. The topological polar surface area (TPSA) is 41.1 Å². The fourth-order valence-electron chi connectivity index (χ4n) is 4.32. The van der Waals surface area contributed by atoms with Crippen molar-refractivity contribution in [2.75, 3.05) is 19.6 Å². The summed E-state index contributed by atoms with van der Waals surface area (Å²) in [5.74, 6) is 0.466. The monoisotopic (exact) mass is 368 g/mol. The van der Waals surface area contributed by atoms with Crippen molar-refractivity contribution in [3.8, 4) is 0 Å². The SMILES string of the molecule is O=C(NCCC1CCNC1)C1(c2cccc(C(F)(F)F)c2)CCCCC1. The van der Waals surface area contributed by atoms with E-state index in [0.29, 0.717) is 30.9 Å². The molecule has 0 spiro atoms. The fourth-order valence-corrected chi connectivity index (χ4v) is 4.32. The third-order valence-corrected chi connectivity index (χ3v) is 5.88. The molecule has 1 saturated heterocycles. The molecule has 26 heavy (non-hydrogen) atoms. The lowest BCUT2D eigenvalue weighted by Gasteiger charge is -2.37. The van der Waals surface area contributed by atoms with E-state index >= 15 is 0 Å². The van der Waals surface area contributed by atoms with Crippen molar-refractivity contribution in [3.05, 3.63) is 35.4 Å². The third-order valence-electron chi connectivity index (χ3n) is 5.88. The first-order valence-electron chi connectivity index (χ1n) is 9.58. The Hall–Kier alpha value is -1.56. The maximum atomic E-state index is 13.1. The van der Waals surface area contributed by atoms with Gasteiger partial charge in [-0.15, -0.1) is 0 Å². The van der Waals surface area contributed by atoms with Crippen LogP contribution in [0.15, 0.2) is 24.3 Å². The number of benzene rings is 1. The van der Waals surface area contributed by atoms with Gasteiger partial charge in [-0.25, -0.2) is 0 Å². The van der Waals surface area contributed by atoms with Crippen LogP contribution >= 0.6 is 0 Å². The van der Waals surface area contributed by atoms with E-state index in [2.05, 4.69) is 10.6 Å². The number of amides is 1. The van der Waals surface area contributed by atoms with Crippen molar-refractivity contribution in [1.82, 2.24) is 10.6 Å². The Morgan fingerprint density at radius 3 is 2.65 bits per heavy atom. The summed E-state index contributed by atoms with van der Waals surface area (Å²) in [7, 11) is 0. The van der Waals surface area contributed by atoms with Crippen molar-refractivity contribution in [3.63, 3.8) is 0 Å². The van der Waals surface area contributed by atoms with Crippen LogP contribution in [0.25, 0.3) is 0 Å². The van der Waals surface area contributed by atoms with E-state index < -0.39 is 17.2 Å². The first-order chi connectivity index (χ1) is 12.4. The predicted octanol–water partition coefficient (Wildman–Crippen LogP) is 4.02. The van der Waals surface area contributed by atoms with Crippen LogP contribution in [0, 0.1) is 5.92 Å². The molecule has 0 bridgehead atoms. The van der Waals surface area contributed by atoms with Crippen LogP contribution in [0.5, 0.6) is 0 Å². The second-order valence-corrected chi connectivity index (χ2v) is 7.62. The second kappa shape index (κ2) is 7.99. The van der Waals surface area contributed by atoms with Gasteiger partial charge in [-0.3, -0.25) is 4.79 Å². The van der Waals surface area contributed by atoms with Crippen molar-refractivity contribution < 1.29 is 18.0 Å². The molecule has 1 heterocycles. The Balaban J connectivity index is 1.76. The van der Waals surface area contributed by atoms with Crippen molar-refractivity contribution in [1.29, 1.82) is 0 Å². The highest BCUT2D eigenvalue weighted by Crippen LogP contribution is 2.41. The summed E-state index contributed by atoms with van der Waals surface area (Å²) >= 11 is 0. The van der Waals surface area contributed by atoms with Gasteiger partial charge in [0.1, 0.15) is 0 Å². The molecule has 2 fully saturated rings. The summed E-state index contributed by atoms with van der Waals surface area (Å²) in [6, 6.07) is 5.35. The zero-order valence-electron chi connectivity index (χ0n) is 15.0. The second-order valence-electron chi connectivity index (χ2n) is 7.62. The third kappa shape index (κ3) is 4.22. The van der Waals surface area contributed by atoms with E-state index in [0.717, 1.165) is 51.3 Å². The molecule has 0 aromatic heterocycles. The number of carbonyl (C=O) groups is 1. The number of nitrogens with one attached hydrogen (secondary N) is 2. The highest BCUT2D eigenvalue weighted by molar-refractivity contribution is 5.88. The molecular weight excluding hydrogens is 341 g/mol. The summed E-state index contributed by atoms with van der Waals surface area (Å²) in [5, 5.41) is 6.34. The molecule has 0 radical (unpaired) electrons. The van der Waals surface area contributed by atoms with Gasteiger partial charge in [0.15, 0.2) is 0 Å². The quantitative estimate of drug-likeness (QED) is 0.824. The zero-order valence-corrected chi connectivity index (χ0v) is 15.0. The van der Waals surface area contributed by atoms with Crippen molar-refractivity contribution in [2.45, 2.75) is 56.5 Å². The maximum Gasteiger partial charge on any atom is 0.416 e. The van der Waals surface area contributed by atoms with E-state index in [1.807, 2.05) is 0 Å². The van der Waals surface area contributed by atoms with E-state index in [9.17, 15) is 18.0 Å². The molecule has 1 aromatic carbocycles. The van der Waals surface area contributed by atoms with Crippen molar-refractivity contribution >= 4 is 5.91 Å². The average molecular weight is 368 g/mol. The molecule has 1 aliphatic carbocycles. The van der Waals surface area contributed by atoms with Gasteiger partial charge in [0, 0.05) is 6.54 Å². The molecule has 1 unspecified atom stereocenters. The molecule has 144 valence electrons. The van der Waals surface area contributed by atoms with Crippen LogP contribution < -0.4 is 10.6 Å². The smallest absolute Gasteiger partial charge is 0.355 e. The van der Waals surface area contributed by atoms with Crippen LogP contribution in [0.4, 0.5) is 13.2 Å². The minimum atomic E-state index is -4.39. The first-order valence-corrected chi connectivity index (χ1v) is 9.58. The molecule has 1 atom stereocenters. The lowest BCUT2D eigenvalue weighted by molar-refractivity contribution is -0.138. The Morgan fingerprint density at radius 1 is 1.23 bits per heavy atom. The Morgan fingerprint density at radius 2 is 2.00 bits per heavy atom. The number of hydrogen-bond donors (Lipinski definition) is 2. The van der Waals surface area contributed by atoms with Crippen LogP contribution in [0.3, 0.4) is 0 Å². The van der Waals surface area contributed by atoms with Gasteiger partial charge in [0.2, 0.25) is 5.91 Å². The predicted molar refractivity (Wildman–Crippen MR) is 94.8 cm³/mol. The normalized spacial score (nSPS) is 23.0. The summed E-state index contributed by atoms with van der Waals surface area (Å²) in [4.78, 5) is 13.0. The average Bonchev–Trinajstić information content (AvgIpc) is 3.15. The summed E-state index contributed by atoms with van der Waals surface area (Å²) < 4.78 is 39.4. The van der Waals surface area contributed by atoms with E-state index in [4.69, 9.17) is 0 Å². The van der Waals surface area contributed by atoms with Gasteiger partial charge in [-0.1, -0.05) is 37.5 Å². The Kier molecular flexibility index (Phi) is 5.90. The number of carbonyl (C=O) groups excluding carboxylic acids is 1. The molecule has 1 aromatic rings. The van der Waals surface area contributed by atoms with Gasteiger partial charge in [-0.2, -0.15) is 13.2 Å². The minimum absolute atomic E-state index is 0.109. The maximum absolute atomic E-state index is 13.1. The largest absolute Gasteiger partial charge is 0.416 e. The van der Waals surface area contributed by atoms with Gasteiger partial charge < -0.3 is 10.6 Å². The highest BCUT2D eigenvalue weighted by atomic mass is 19.4. The molecular formula is C20H27F3N2O. The van der Waals surface area contributed by atoms with Crippen molar-refractivity contribution in [2.24, 2.45) is 5.92 Å². The van der Waals surface area contributed by atoms with E-state index in [-0.39, 0.29) is 5.91 Å². The summed E-state index contributed by atoms with van der Waals surface area (Å²) in [6.45, 7) is 2.59. The number of halogens is 3. The first kappa shape index (κ1) is 19.2. The van der Waals surface area contributed by atoms with Crippen LogP contribution in [-0.4, -0.2) is 25.5 Å². The standard InChI is InChI=1S/C20H27F3N2O/c21-20(22,23)17-6-4-5-16(13-17)19(9-2-1-3-10-19)18(26)25-12-8-15-7-11-24-14-15/h4-6,13,15,24H,1-3,7-12,14H2,(H,25,26). The summed E-state index contributed by atoms with van der Waals surface area (Å²) in [6.07, 6.45) is 1.65. The lowest BCUT2D eigenvalue weighted by Crippen LogP contribution is -2.46. The molecule has 3 rings (SSSR count). The van der Waals surface area contributed by atoms with Crippen LogP contribution in [0.1, 0.15) is 56.1 Å². The molecule has 1 saturated carbocycles. The Labute approximate surface area is 152 Å². The van der Waals surface area contributed by atoms with Gasteiger partial charge in [-0.05, 0) is 56.3 Å². The van der Waals surface area contributed by atoms with Crippen LogP contribution in [0.2, 0.25) is 0 Å². The number of rotatable bonds is 5. The minimum Gasteiger partial charge on any atom is -0.355 e. The molecule has 2 aliphatic rings. The molecule has 6 heteroatoms. The molecule has 1 aliphatic heterocycles. The molecule has 3 nitrogen and oxygen atoms in total. The molecule has 2 N–H and O–H groups in total. The van der Waals surface area contributed by atoms with Gasteiger partial charge in [0.25, 0.3) is 0 Å². The number of hydrogen-bond acceptors (Lipinski definition) is 2. The van der Waals surface area contributed by atoms with Crippen LogP contribution in [-0.2, 0) is 16.4 Å². The highest BCUT2D eigenvalue weighted by Gasteiger charge is 2.42. The van der Waals surface area contributed by atoms with E-state index in [1.54, 1.807) is 6.07 Å². The lowest BCUT2D eigenvalue weighted by atomic mass is 9.68. The van der Waals surface area contributed by atoms with E-state index in [1.165, 1.54) is 12.1 Å². The van der Waals surface area contributed by atoms with Gasteiger partial charge in [0.05, 0.1) is 11.0 Å². The fraction of sp³-hybridized carbons (Fsp3) is 0.650. The molecule has 1 amide bonds. The zero-order chi connectivity index (χ0) is 18.6.